The van der Waals surface area contributed by atoms with E-state index < -0.39 is 15.8 Å². The van der Waals surface area contributed by atoms with Crippen LogP contribution in [0.15, 0.2) is 23.1 Å². The minimum Gasteiger partial charge on any atom is -0.329 e. The number of nitrogens with zero attached hydrogens (tertiary/aromatic N) is 1. The highest BCUT2D eigenvalue weighted by molar-refractivity contribution is 7.89. The Hall–Kier alpha value is -0.690. The molecular weight excluding hydrogens is 315 g/mol. The molecule has 2 unspecified atom stereocenters. The van der Waals surface area contributed by atoms with Gasteiger partial charge in [0.15, 0.2) is 0 Å². The number of benzene rings is 1. The van der Waals surface area contributed by atoms with E-state index >= 15 is 0 Å². The third kappa shape index (κ3) is 3.39. The summed E-state index contributed by atoms with van der Waals surface area (Å²) in [6.07, 6.45) is 2.53. The zero-order valence-electron chi connectivity index (χ0n) is 11.9. The molecule has 1 saturated heterocycles. The van der Waals surface area contributed by atoms with Crippen molar-refractivity contribution in [3.8, 4) is 0 Å². The van der Waals surface area contributed by atoms with Crippen LogP contribution in [0.25, 0.3) is 0 Å². The summed E-state index contributed by atoms with van der Waals surface area (Å²) in [6, 6.07) is 3.12. The Kier molecular flexibility index (Phi) is 5.24. The van der Waals surface area contributed by atoms with E-state index in [2.05, 4.69) is 6.92 Å². The Morgan fingerprint density at radius 2 is 2.19 bits per heavy atom. The molecule has 2 N–H and O–H groups in total. The molecule has 1 aliphatic heterocycles. The van der Waals surface area contributed by atoms with E-state index in [4.69, 9.17) is 17.3 Å². The average molecular weight is 335 g/mol. The van der Waals surface area contributed by atoms with Gasteiger partial charge in [-0.2, -0.15) is 4.31 Å². The smallest absolute Gasteiger partial charge is 0.244 e. The van der Waals surface area contributed by atoms with Gasteiger partial charge in [0.2, 0.25) is 10.0 Å². The van der Waals surface area contributed by atoms with Crippen molar-refractivity contribution in [2.75, 3.05) is 13.1 Å². The Morgan fingerprint density at radius 1 is 1.48 bits per heavy atom. The summed E-state index contributed by atoms with van der Waals surface area (Å²) in [5.74, 6) is -0.140. The summed E-state index contributed by atoms with van der Waals surface area (Å²) < 4.78 is 40.2. The van der Waals surface area contributed by atoms with Crippen molar-refractivity contribution >= 4 is 21.6 Å². The standard InChI is InChI=1S/C14H20ClFN2O2S/c1-2-10-5-6-18(12(7-10)9-17)21(19,20)14-8-11(16)3-4-13(14)15/h3-4,8,10,12H,2,5-7,9,17H2,1H3. The molecule has 1 aromatic carbocycles. The Labute approximate surface area is 130 Å². The van der Waals surface area contributed by atoms with Crippen molar-refractivity contribution in [3.05, 3.63) is 29.0 Å². The van der Waals surface area contributed by atoms with Crippen LogP contribution in [-0.2, 0) is 10.0 Å². The molecule has 0 radical (unpaired) electrons. The van der Waals surface area contributed by atoms with E-state index in [-0.39, 0.29) is 22.5 Å². The van der Waals surface area contributed by atoms with Gasteiger partial charge < -0.3 is 5.73 Å². The van der Waals surface area contributed by atoms with Gasteiger partial charge in [-0.25, -0.2) is 12.8 Å². The molecule has 2 atom stereocenters. The van der Waals surface area contributed by atoms with Crippen LogP contribution in [0.5, 0.6) is 0 Å². The van der Waals surface area contributed by atoms with Crippen molar-refractivity contribution in [2.24, 2.45) is 11.7 Å². The maximum atomic E-state index is 13.4. The van der Waals surface area contributed by atoms with Gasteiger partial charge in [-0.05, 0) is 37.0 Å². The van der Waals surface area contributed by atoms with Gasteiger partial charge >= 0.3 is 0 Å². The molecular formula is C14H20ClFN2O2S. The Balaban J connectivity index is 2.36. The summed E-state index contributed by atoms with van der Waals surface area (Å²) in [5.41, 5.74) is 5.74. The minimum atomic E-state index is -3.83. The Bertz CT molecular complexity index is 609. The molecule has 1 fully saturated rings. The van der Waals surface area contributed by atoms with Crippen LogP contribution in [0.3, 0.4) is 0 Å². The van der Waals surface area contributed by atoms with Crippen LogP contribution < -0.4 is 5.73 Å². The maximum absolute atomic E-state index is 13.4. The molecule has 0 saturated carbocycles. The van der Waals surface area contributed by atoms with Crippen LogP contribution in [-0.4, -0.2) is 31.9 Å². The quantitative estimate of drug-likeness (QED) is 0.920. The van der Waals surface area contributed by atoms with Crippen LogP contribution in [0.4, 0.5) is 4.39 Å². The lowest BCUT2D eigenvalue weighted by atomic mass is 9.90. The highest BCUT2D eigenvalue weighted by Gasteiger charge is 2.36. The normalized spacial score (nSPS) is 24.2. The zero-order valence-corrected chi connectivity index (χ0v) is 13.5. The van der Waals surface area contributed by atoms with Crippen LogP contribution in [0, 0.1) is 11.7 Å². The van der Waals surface area contributed by atoms with Crippen LogP contribution >= 0.6 is 11.6 Å². The molecule has 0 amide bonds. The first-order valence-corrected chi connectivity index (χ1v) is 8.89. The number of nitrogens with two attached hydrogens (primary N) is 1. The van der Waals surface area contributed by atoms with Gasteiger partial charge in [-0.3, -0.25) is 0 Å². The second kappa shape index (κ2) is 6.60. The number of hydrogen-bond donors (Lipinski definition) is 1. The molecule has 0 aliphatic carbocycles. The van der Waals surface area contributed by atoms with Crippen molar-refractivity contribution in [3.63, 3.8) is 0 Å². The van der Waals surface area contributed by atoms with Crippen molar-refractivity contribution in [1.29, 1.82) is 0 Å². The third-order valence-electron chi connectivity index (χ3n) is 4.10. The molecule has 118 valence electrons. The molecule has 7 heteroatoms. The van der Waals surface area contributed by atoms with Crippen LogP contribution in [0.1, 0.15) is 26.2 Å². The van der Waals surface area contributed by atoms with Crippen molar-refractivity contribution in [1.82, 2.24) is 4.31 Å². The van der Waals surface area contributed by atoms with Crippen molar-refractivity contribution in [2.45, 2.75) is 37.1 Å². The van der Waals surface area contributed by atoms with Crippen LogP contribution in [0.2, 0.25) is 5.02 Å². The summed E-state index contributed by atoms with van der Waals surface area (Å²) in [4.78, 5) is -0.183. The zero-order chi connectivity index (χ0) is 15.6. The van der Waals surface area contributed by atoms with E-state index in [0.29, 0.717) is 12.5 Å². The lowest BCUT2D eigenvalue weighted by molar-refractivity contribution is 0.197. The molecule has 4 nitrogen and oxygen atoms in total. The first-order chi connectivity index (χ1) is 9.90. The number of hydrogen-bond acceptors (Lipinski definition) is 3. The summed E-state index contributed by atoms with van der Waals surface area (Å²) in [7, 11) is -3.83. The van der Waals surface area contributed by atoms with Gasteiger partial charge in [0, 0.05) is 19.1 Å². The van der Waals surface area contributed by atoms with Crippen molar-refractivity contribution < 1.29 is 12.8 Å². The fraction of sp³-hybridized carbons (Fsp3) is 0.571. The lowest BCUT2D eigenvalue weighted by Gasteiger charge is -2.37. The molecule has 21 heavy (non-hydrogen) atoms. The largest absolute Gasteiger partial charge is 0.329 e. The molecule has 1 aliphatic rings. The highest BCUT2D eigenvalue weighted by atomic mass is 35.5. The number of rotatable bonds is 4. The summed E-state index contributed by atoms with van der Waals surface area (Å²) in [6.45, 7) is 2.74. The van der Waals surface area contributed by atoms with E-state index in [1.54, 1.807) is 0 Å². The fourth-order valence-corrected chi connectivity index (χ4v) is 4.96. The van der Waals surface area contributed by atoms with Gasteiger partial charge in [-0.1, -0.05) is 24.9 Å². The summed E-state index contributed by atoms with van der Waals surface area (Å²) >= 11 is 5.94. The maximum Gasteiger partial charge on any atom is 0.244 e. The van der Waals surface area contributed by atoms with E-state index in [1.165, 1.54) is 10.4 Å². The number of halogens is 2. The first-order valence-electron chi connectivity index (χ1n) is 7.07. The first kappa shape index (κ1) is 16.7. The highest BCUT2D eigenvalue weighted by Crippen LogP contribution is 2.32. The van der Waals surface area contributed by atoms with Gasteiger partial charge in [0.05, 0.1) is 5.02 Å². The van der Waals surface area contributed by atoms with E-state index in [1.807, 2.05) is 0 Å². The molecule has 0 spiro atoms. The topological polar surface area (TPSA) is 63.4 Å². The predicted molar refractivity (Wildman–Crippen MR) is 81.2 cm³/mol. The van der Waals surface area contributed by atoms with Gasteiger partial charge in [0.1, 0.15) is 10.7 Å². The molecule has 1 aromatic rings. The second-order valence-electron chi connectivity index (χ2n) is 5.38. The lowest BCUT2D eigenvalue weighted by Crippen LogP contribution is -2.49. The molecule has 1 heterocycles. The molecule has 0 bridgehead atoms. The molecule has 0 aromatic heterocycles. The third-order valence-corrected chi connectivity index (χ3v) is 6.53. The fourth-order valence-electron chi connectivity index (χ4n) is 2.81. The number of sulfonamides is 1. The van der Waals surface area contributed by atoms with E-state index in [0.717, 1.165) is 31.4 Å². The van der Waals surface area contributed by atoms with E-state index in [9.17, 15) is 12.8 Å². The predicted octanol–water partition coefficient (Wildman–Crippen LogP) is 2.62. The SMILES string of the molecule is CCC1CCN(S(=O)(=O)c2cc(F)ccc2Cl)C(CN)C1. The number of piperidine rings is 1. The molecule has 2 rings (SSSR count). The van der Waals surface area contributed by atoms with Gasteiger partial charge in [0.25, 0.3) is 0 Å². The minimum absolute atomic E-state index is 0.0322. The average Bonchev–Trinajstić information content (AvgIpc) is 2.48. The van der Waals surface area contributed by atoms with Gasteiger partial charge in [-0.15, -0.1) is 0 Å². The monoisotopic (exact) mass is 334 g/mol. The Morgan fingerprint density at radius 3 is 2.81 bits per heavy atom. The summed E-state index contributed by atoms with van der Waals surface area (Å²) in [5, 5.41) is 0.0322. The second-order valence-corrected chi connectivity index (χ2v) is 7.64.